The van der Waals surface area contributed by atoms with E-state index in [1.807, 2.05) is 0 Å². The maximum Gasteiger partial charge on any atom is 0.269 e. The number of halogens is 2. The molecule has 0 saturated carbocycles. The van der Waals surface area contributed by atoms with Crippen LogP contribution in [0.25, 0.3) is 0 Å². The molecule has 1 saturated heterocycles. The molecule has 7 nitrogen and oxygen atoms in total. The SMILES string of the molecule is O=C(CC1C(=O)N(c2ccccc2)C(=S)N1NC(=O)c1cccc(F)c1)Nc1ccc(F)cc1. The molecule has 2 N–H and O–H groups in total. The van der Waals surface area contributed by atoms with Crippen LogP contribution in [0, 0.1) is 11.6 Å². The number of nitrogens with one attached hydrogen (secondary N) is 2. The predicted molar refractivity (Wildman–Crippen MR) is 126 cm³/mol. The molecular weight excluding hydrogens is 462 g/mol. The van der Waals surface area contributed by atoms with Gasteiger partial charge in [-0.25, -0.2) is 13.8 Å². The number of para-hydroxylation sites is 1. The minimum absolute atomic E-state index is 0.0166. The van der Waals surface area contributed by atoms with Gasteiger partial charge in [0.2, 0.25) is 11.0 Å². The molecule has 3 aromatic rings. The zero-order valence-corrected chi connectivity index (χ0v) is 18.4. The number of nitrogens with zero attached hydrogens (tertiary/aromatic N) is 2. The highest BCUT2D eigenvalue weighted by Gasteiger charge is 2.45. The predicted octanol–water partition coefficient (Wildman–Crippen LogP) is 3.64. The highest BCUT2D eigenvalue weighted by Crippen LogP contribution is 2.26. The Bertz CT molecular complexity index is 1250. The molecule has 0 spiro atoms. The molecule has 1 heterocycles. The van der Waals surface area contributed by atoms with Crippen LogP contribution >= 0.6 is 12.2 Å². The zero-order valence-electron chi connectivity index (χ0n) is 17.6. The van der Waals surface area contributed by atoms with Gasteiger partial charge in [0.25, 0.3) is 11.8 Å². The van der Waals surface area contributed by atoms with Crippen LogP contribution in [0.1, 0.15) is 16.8 Å². The first-order chi connectivity index (χ1) is 16.3. The van der Waals surface area contributed by atoms with Crippen LogP contribution in [0.3, 0.4) is 0 Å². The molecule has 1 aliphatic heterocycles. The average Bonchev–Trinajstić information content (AvgIpc) is 3.05. The van der Waals surface area contributed by atoms with Crippen molar-refractivity contribution in [2.45, 2.75) is 12.5 Å². The van der Waals surface area contributed by atoms with E-state index in [1.165, 1.54) is 47.4 Å². The maximum atomic E-state index is 13.6. The minimum atomic E-state index is -1.16. The number of hydrogen-bond donors (Lipinski definition) is 2. The molecule has 3 aromatic carbocycles. The third-order valence-electron chi connectivity index (χ3n) is 5.04. The van der Waals surface area contributed by atoms with Crippen molar-refractivity contribution in [2.75, 3.05) is 10.2 Å². The van der Waals surface area contributed by atoms with E-state index in [9.17, 15) is 23.2 Å². The topological polar surface area (TPSA) is 81.8 Å². The van der Waals surface area contributed by atoms with E-state index in [4.69, 9.17) is 12.2 Å². The van der Waals surface area contributed by atoms with E-state index >= 15 is 0 Å². The first-order valence-electron chi connectivity index (χ1n) is 10.2. The fraction of sp³-hybridized carbons (Fsp3) is 0.0833. The van der Waals surface area contributed by atoms with Gasteiger partial charge >= 0.3 is 0 Å². The van der Waals surface area contributed by atoms with Crippen molar-refractivity contribution in [1.29, 1.82) is 0 Å². The lowest BCUT2D eigenvalue weighted by Crippen LogP contribution is -2.49. The Morgan fingerprint density at radius 3 is 2.29 bits per heavy atom. The lowest BCUT2D eigenvalue weighted by molar-refractivity contribution is -0.124. The molecule has 0 aliphatic carbocycles. The van der Waals surface area contributed by atoms with Crippen LogP contribution in [0.5, 0.6) is 0 Å². The largest absolute Gasteiger partial charge is 0.326 e. The van der Waals surface area contributed by atoms with Crippen molar-refractivity contribution in [3.8, 4) is 0 Å². The van der Waals surface area contributed by atoms with Crippen LogP contribution in [-0.2, 0) is 9.59 Å². The van der Waals surface area contributed by atoms with Gasteiger partial charge in [-0.1, -0.05) is 24.3 Å². The quantitative estimate of drug-likeness (QED) is 0.527. The number of carbonyl (C=O) groups is 3. The number of thiocarbonyl (C=S) groups is 1. The molecule has 10 heteroatoms. The molecule has 0 bridgehead atoms. The lowest BCUT2D eigenvalue weighted by Gasteiger charge is -2.24. The molecule has 1 unspecified atom stereocenters. The highest BCUT2D eigenvalue weighted by molar-refractivity contribution is 7.80. The number of hydrogen-bond acceptors (Lipinski definition) is 4. The van der Waals surface area contributed by atoms with Gasteiger partial charge in [-0.15, -0.1) is 0 Å². The third-order valence-corrected chi connectivity index (χ3v) is 5.42. The number of anilines is 2. The van der Waals surface area contributed by atoms with Gasteiger partial charge in [-0.3, -0.25) is 24.7 Å². The van der Waals surface area contributed by atoms with Crippen molar-refractivity contribution >= 4 is 46.4 Å². The summed E-state index contributed by atoms with van der Waals surface area (Å²) in [5.41, 5.74) is 3.34. The number of benzene rings is 3. The van der Waals surface area contributed by atoms with Gasteiger partial charge in [0.05, 0.1) is 12.1 Å². The lowest BCUT2D eigenvalue weighted by atomic mass is 10.1. The monoisotopic (exact) mass is 480 g/mol. The third kappa shape index (κ3) is 4.91. The van der Waals surface area contributed by atoms with Gasteiger partial charge < -0.3 is 5.32 Å². The molecule has 1 fully saturated rings. The Balaban J connectivity index is 1.59. The fourth-order valence-corrected chi connectivity index (χ4v) is 3.81. The summed E-state index contributed by atoms with van der Waals surface area (Å²) >= 11 is 5.46. The number of amides is 3. The fourth-order valence-electron chi connectivity index (χ4n) is 3.44. The Hall–Kier alpha value is -4.18. The maximum absolute atomic E-state index is 13.6. The molecule has 1 atom stereocenters. The summed E-state index contributed by atoms with van der Waals surface area (Å²) in [7, 11) is 0. The van der Waals surface area contributed by atoms with E-state index < -0.39 is 35.4 Å². The Morgan fingerprint density at radius 1 is 0.912 bits per heavy atom. The molecule has 1 aliphatic rings. The second-order valence-electron chi connectivity index (χ2n) is 7.39. The summed E-state index contributed by atoms with van der Waals surface area (Å²) in [5.74, 6) is -2.83. The van der Waals surface area contributed by atoms with E-state index in [-0.39, 0.29) is 17.1 Å². The van der Waals surface area contributed by atoms with Crippen molar-refractivity contribution in [1.82, 2.24) is 10.4 Å². The second-order valence-corrected chi connectivity index (χ2v) is 7.75. The minimum Gasteiger partial charge on any atom is -0.326 e. The molecular formula is C24H18F2N4O3S. The van der Waals surface area contributed by atoms with Crippen molar-refractivity contribution in [2.24, 2.45) is 0 Å². The molecule has 34 heavy (non-hydrogen) atoms. The molecule has 0 aromatic heterocycles. The summed E-state index contributed by atoms with van der Waals surface area (Å²) in [5, 5.41) is 3.68. The summed E-state index contributed by atoms with van der Waals surface area (Å²) in [6.45, 7) is 0. The molecule has 0 radical (unpaired) electrons. The summed E-state index contributed by atoms with van der Waals surface area (Å²) in [6, 6.07) is 17.5. The van der Waals surface area contributed by atoms with Crippen LogP contribution in [0.2, 0.25) is 0 Å². The zero-order chi connectivity index (χ0) is 24.2. The normalized spacial score (nSPS) is 15.4. The van der Waals surface area contributed by atoms with Crippen molar-refractivity contribution in [3.05, 3.63) is 96.1 Å². The highest BCUT2D eigenvalue weighted by atomic mass is 32.1. The summed E-state index contributed by atoms with van der Waals surface area (Å²) < 4.78 is 26.7. The Labute approximate surface area is 198 Å². The van der Waals surface area contributed by atoms with Gasteiger partial charge in [0, 0.05) is 11.3 Å². The Kier molecular flexibility index (Phi) is 6.60. The van der Waals surface area contributed by atoms with Gasteiger partial charge in [-0.2, -0.15) is 0 Å². The first-order valence-corrected chi connectivity index (χ1v) is 10.6. The molecule has 4 rings (SSSR count). The van der Waals surface area contributed by atoms with E-state index in [0.717, 1.165) is 11.1 Å². The first kappa shape index (κ1) is 23.0. The number of hydrazine groups is 1. The Morgan fingerprint density at radius 2 is 1.62 bits per heavy atom. The number of carbonyl (C=O) groups excluding carboxylic acids is 3. The van der Waals surface area contributed by atoms with Gasteiger partial charge in [0.1, 0.15) is 17.7 Å². The average molecular weight is 480 g/mol. The number of rotatable bonds is 6. The van der Waals surface area contributed by atoms with E-state index in [0.29, 0.717) is 11.4 Å². The van der Waals surface area contributed by atoms with E-state index in [2.05, 4.69) is 10.7 Å². The smallest absolute Gasteiger partial charge is 0.269 e. The van der Waals surface area contributed by atoms with Gasteiger partial charge in [0.15, 0.2) is 0 Å². The molecule has 3 amide bonds. The van der Waals surface area contributed by atoms with Crippen molar-refractivity contribution in [3.63, 3.8) is 0 Å². The van der Waals surface area contributed by atoms with Crippen LogP contribution < -0.4 is 15.6 Å². The standard InChI is InChI=1S/C24H18F2N4O3S/c25-16-9-11-18(12-10-16)27-21(31)14-20-23(33)29(19-7-2-1-3-8-19)24(34)30(20)28-22(32)15-5-4-6-17(26)13-15/h1-13,20H,14H2,(H,27,31)(H,28,32). The van der Waals surface area contributed by atoms with Crippen LogP contribution in [0.15, 0.2) is 78.9 Å². The summed E-state index contributed by atoms with van der Waals surface area (Å²) in [6.07, 6.45) is -0.358. The summed E-state index contributed by atoms with van der Waals surface area (Å²) in [4.78, 5) is 40.0. The van der Waals surface area contributed by atoms with Crippen LogP contribution in [0.4, 0.5) is 20.2 Å². The van der Waals surface area contributed by atoms with E-state index in [1.54, 1.807) is 30.3 Å². The second kappa shape index (κ2) is 9.75. The van der Waals surface area contributed by atoms with Crippen molar-refractivity contribution < 1.29 is 23.2 Å². The molecule has 172 valence electrons. The van der Waals surface area contributed by atoms with Crippen LogP contribution in [-0.4, -0.2) is 33.9 Å². The van der Waals surface area contributed by atoms with Gasteiger partial charge in [-0.05, 0) is 66.8 Å².